The summed E-state index contributed by atoms with van der Waals surface area (Å²) in [7, 11) is 0. The van der Waals surface area contributed by atoms with Gasteiger partial charge < -0.3 is 10.6 Å². The fourth-order valence-corrected chi connectivity index (χ4v) is 2.42. The Bertz CT molecular complexity index is 274. The molecular formula is C10H17N3OS. The summed E-state index contributed by atoms with van der Waals surface area (Å²) in [5, 5.41) is 8.93. The molecular weight excluding hydrogens is 210 g/mol. The Labute approximate surface area is 94.8 Å². The summed E-state index contributed by atoms with van der Waals surface area (Å²) in [6.07, 6.45) is 0. The Hall–Kier alpha value is -0.730. The van der Waals surface area contributed by atoms with E-state index in [1.54, 1.807) is 16.7 Å². The van der Waals surface area contributed by atoms with E-state index in [2.05, 4.69) is 6.07 Å². The van der Waals surface area contributed by atoms with Crippen molar-refractivity contribution >= 4 is 17.7 Å². The third-order valence-electron chi connectivity index (χ3n) is 2.56. The zero-order chi connectivity index (χ0) is 11.4. The minimum absolute atomic E-state index is 0.0862. The first-order chi connectivity index (χ1) is 7.07. The van der Waals surface area contributed by atoms with E-state index in [1.807, 2.05) is 13.8 Å². The number of carbonyl (C=O) groups is 1. The highest BCUT2D eigenvalue weighted by Crippen LogP contribution is 2.17. The van der Waals surface area contributed by atoms with Gasteiger partial charge in [-0.2, -0.15) is 17.0 Å². The summed E-state index contributed by atoms with van der Waals surface area (Å²) in [5.41, 5.74) is 5.80. The Morgan fingerprint density at radius 2 is 2.33 bits per heavy atom. The van der Waals surface area contributed by atoms with Crippen LogP contribution in [-0.4, -0.2) is 40.9 Å². The van der Waals surface area contributed by atoms with Crippen LogP contribution in [0, 0.1) is 17.2 Å². The SMILES string of the molecule is CC(C)[C@@H](N)C(=O)N1CCSC[C@H]1C#N. The fraction of sp³-hybridized carbons (Fsp3) is 0.800. The van der Waals surface area contributed by atoms with Crippen molar-refractivity contribution in [3.8, 4) is 6.07 Å². The van der Waals surface area contributed by atoms with Crippen LogP contribution in [0.4, 0.5) is 0 Å². The van der Waals surface area contributed by atoms with E-state index in [0.29, 0.717) is 12.3 Å². The Morgan fingerprint density at radius 1 is 1.67 bits per heavy atom. The summed E-state index contributed by atoms with van der Waals surface area (Å²) in [4.78, 5) is 13.6. The number of hydrogen-bond donors (Lipinski definition) is 1. The largest absolute Gasteiger partial charge is 0.324 e. The molecule has 0 aromatic heterocycles. The summed E-state index contributed by atoms with van der Waals surface area (Å²) in [5.74, 6) is 1.63. The third-order valence-corrected chi connectivity index (χ3v) is 3.59. The maximum atomic E-state index is 11.9. The van der Waals surface area contributed by atoms with E-state index in [9.17, 15) is 4.79 Å². The van der Waals surface area contributed by atoms with Gasteiger partial charge in [-0.3, -0.25) is 4.79 Å². The van der Waals surface area contributed by atoms with Crippen molar-refractivity contribution in [3.05, 3.63) is 0 Å². The molecule has 5 heteroatoms. The van der Waals surface area contributed by atoms with Gasteiger partial charge in [-0.1, -0.05) is 13.8 Å². The first-order valence-electron chi connectivity index (χ1n) is 5.11. The molecule has 4 nitrogen and oxygen atoms in total. The zero-order valence-corrected chi connectivity index (χ0v) is 9.96. The van der Waals surface area contributed by atoms with Gasteiger partial charge in [-0.25, -0.2) is 0 Å². The van der Waals surface area contributed by atoms with Crippen LogP contribution < -0.4 is 5.73 Å². The summed E-state index contributed by atoms with van der Waals surface area (Å²) in [6, 6.07) is 1.37. The van der Waals surface area contributed by atoms with Gasteiger partial charge in [0.25, 0.3) is 0 Å². The third kappa shape index (κ3) is 2.86. The maximum absolute atomic E-state index is 11.9. The molecule has 1 rings (SSSR count). The first kappa shape index (κ1) is 12.3. The van der Waals surface area contributed by atoms with Gasteiger partial charge in [0.1, 0.15) is 6.04 Å². The predicted molar refractivity (Wildman–Crippen MR) is 61.3 cm³/mol. The Morgan fingerprint density at radius 3 is 2.87 bits per heavy atom. The van der Waals surface area contributed by atoms with Crippen molar-refractivity contribution in [1.82, 2.24) is 4.90 Å². The average molecular weight is 227 g/mol. The molecule has 1 saturated heterocycles. The molecule has 0 unspecified atom stereocenters. The molecule has 2 atom stereocenters. The topological polar surface area (TPSA) is 70.1 Å². The first-order valence-corrected chi connectivity index (χ1v) is 6.26. The summed E-state index contributed by atoms with van der Waals surface area (Å²) < 4.78 is 0. The van der Waals surface area contributed by atoms with E-state index < -0.39 is 6.04 Å². The molecule has 1 aliphatic rings. The molecule has 1 aliphatic heterocycles. The van der Waals surface area contributed by atoms with Gasteiger partial charge in [0.2, 0.25) is 5.91 Å². The van der Waals surface area contributed by atoms with Gasteiger partial charge in [0.05, 0.1) is 12.1 Å². The zero-order valence-electron chi connectivity index (χ0n) is 9.14. The molecule has 0 aliphatic carbocycles. The highest BCUT2D eigenvalue weighted by molar-refractivity contribution is 7.99. The van der Waals surface area contributed by atoms with Gasteiger partial charge in [-0.15, -0.1) is 0 Å². The molecule has 2 N–H and O–H groups in total. The van der Waals surface area contributed by atoms with E-state index in [-0.39, 0.29) is 17.9 Å². The minimum atomic E-state index is -0.482. The Balaban J connectivity index is 2.68. The van der Waals surface area contributed by atoms with Crippen LogP contribution in [0.15, 0.2) is 0 Å². The molecule has 15 heavy (non-hydrogen) atoms. The smallest absolute Gasteiger partial charge is 0.240 e. The second-order valence-corrected chi connectivity index (χ2v) is 5.17. The highest BCUT2D eigenvalue weighted by atomic mass is 32.2. The molecule has 1 fully saturated rings. The van der Waals surface area contributed by atoms with Crippen LogP contribution in [-0.2, 0) is 4.79 Å². The highest BCUT2D eigenvalue weighted by Gasteiger charge is 2.31. The Kier molecular flexibility index (Phi) is 4.43. The van der Waals surface area contributed by atoms with Crippen LogP contribution in [0.25, 0.3) is 0 Å². The monoisotopic (exact) mass is 227 g/mol. The number of nitrogens with zero attached hydrogens (tertiary/aromatic N) is 2. The predicted octanol–water partition coefficient (Wildman–Crippen LogP) is 0.437. The lowest BCUT2D eigenvalue weighted by Gasteiger charge is -2.33. The molecule has 0 radical (unpaired) electrons. The van der Waals surface area contributed by atoms with Crippen LogP contribution in [0.3, 0.4) is 0 Å². The van der Waals surface area contributed by atoms with Gasteiger partial charge in [-0.05, 0) is 5.92 Å². The van der Waals surface area contributed by atoms with Crippen molar-refractivity contribution in [1.29, 1.82) is 5.26 Å². The molecule has 0 spiro atoms. The minimum Gasteiger partial charge on any atom is -0.324 e. The maximum Gasteiger partial charge on any atom is 0.240 e. The van der Waals surface area contributed by atoms with Gasteiger partial charge in [0.15, 0.2) is 0 Å². The quantitative estimate of drug-likeness (QED) is 0.743. The van der Waals surface area contributed by atoms with Crippen molar-refractivity contribution in [2.75, 3.05) is 18.1 Å². The number of nitriles is 1. The van der Waals surface area contributed by atoms with E-state index in [0.717, 1.165) is 5.75 Å². The van der Waals surface area contributed by atoms with Crippen molar-refractivity contribution in [2.24, 2.45) is 11.7 Å². The van der Waals surface area contributed by atoms with Crippen LogP contribution >= 0.6 is 11.8 Å². The summed E-state index contributed by atoms with van der Waals surface area (Å²) >= 11 is 1.71. The molecule has 84 valence electrons. The summed E-state index contributed by atoms with van der Waals surface area (Å²) in [6.45, 7) is 4.48. The van der Waals surface area contributed by atoms with Crippen LogP contribution in [0.2, 0.25) is 0 Å². The van der Waals surface area contributed by atoms with Crippen molar-refractivity contribution in [2.45, 2.75) is 25.9 Å². The molecule has 0 aromatic carbocycles. The number of thioether (sulfide) groups is 1. The fourth-order valence-electron chi connectivity index (χ4n) is 1.45. The lowest BCUT2D eigenvalue weighted by atomic mass is 10.0. The number of carbonyl (C=O) groups excluding carboxylic acids is 1. The van der Waals surface area contributed by atoms with Crippen molar-refractivity contribution < 1.29 is 4.79 Å². The number of amides is 1. The standard InChI is InChI=1S/C10H17N3OS/c1-7(2)9(12)10(14)13-3-4-15-6-8(13)5-11/h7-9H,3-4,6,12H2,1-2H3/t8-,9-/m1/s1. The van der Waals surface area contributed by atoms with E-state index >= 15 is 0 Å². The molecule has 0 aromatic rings. The van der Waals surface area contributed by atoms with E-state index in [4.69, 9.17) is 11.0 Å². The number of nitrogens with two attached hydrogens (primary N) is 1. The lowest BCUT2D eigenvalue weighted by molar-refractivity contribution is -0.134. The lowest BCUT2D eigenvalue weighted by Crippen LogP contribution is -2.53. The molecule has 0 bridgehead atoms. The molecule has 1 amide bonds. The van der Waals surface area contributed by atoms with Gasteiger partial charge >= 0.3 is 0 Å². The normalized spacial score (nSPS) is 23.7. The second kappa shape index (κ2) is 5.38. The second-order valence-electron chi connectivity index (χ2n) is 4.02. The van der Waals surface area contributed by atoms with Crippen LogP contribution in [0.5, 0.6) is 0 Å². The molecule has 0 saturated carbocycles. The number of hydrogen-bond acceptors (Lipinski definition) is 4. The van der Waals surface area contributed by atoms with Gasteiger partial charge in [0, 0.05) is 18.1 Å². The number of rotatable bonds is 2. The molecule has 1 heterocycles. The van der Waals surface area contributed by atoms with Crippen molar-refractivity contribution in [3.63, 3.8) is 0 Å². The van der Waals surface area contributed by atoms with Crippen LogP contribution in [0.1, 0.15) is 13.8 Å². The van der Waals surface area contributed by atoms with E-state index in [1.165, 1.54) is 0 Å². The average Bonchev–Trinajstić information content (AvgIpc) is 2.26.